The molecule has 1 N–H and O–H groups in total. The largest absolute Gasteiger partial charge is 0.469 e. The highest BCUT2D eigenvalue weighted by Gasteiger charge is 2.35. The number of rotatable bonds is 4. The Bertz CT molecular complexity index is 938. The fourth-order valence-electron chi connectivity index (χ4n) is 4.15. The summed E-state index contributed by atoms with van der Waals surface area (Å²) in [5.74, 6) is 0.707. The Balaban J connectivity index is 1.51. The molecule has 2 aliphatic heterocycles. The van der Waals surface area contributed by atoms with E-state index in [2.05, 4.69) is 62.2 Å². The second-order valence-electron chi connectivity index (χ2n) is 8.63. The van der Waals surface area contributed by atoms with E-state index >= 15 is 0 Å². The van der Waals surface area contributed by atoms with E-state index in [9.17, 15) is 4.79 Å². The van der Waals surface area contributed by atoms with Crippen molar-refractivity contribution in [2.45, 2.75) is 26.9 Å². The molecule has 0 amide bonds. The first-order valence-electron chi connectivity index (χ1n) is 10.2. The maximum absolute atomic E-state index is 12.1. The van der Waals surface area contributed by atoms with Gasteiger partial charge in [0, 0.05) is 38.3 Å². The number of anilines is 1. The Morgan fingerprint density at radius 1 is 1.30 bits per heavy atom. The fourth-order valence-corrected chi connectivity index (χ4v) is 5.62. The summed E-state index contributed by atoms with van der Waals surface area (Å²) in [6.45, 7) is 10.3. The van der Waals surface area contributed by atoms with Crippen LogP contribution < -0.4 is 10.1 Å². The van der Waals surface area contributed by atoms with Crippen molar-refractivity contribution in [2.24, 2.45) is 5.41 Å². The van der Waals surface area contributed by atoms with Crippen LogP contribution in [-0.4, -0.2) is 55.6 Å². The second-order valence-corrected chi connectivity index (χ2v) is 11.0. The molecular weight excluding hydrogens is 466 g/mol. The molecule has 1 aromatic heterocycles. The Morgan fingerprint density at radius 3 is 2.73 bits per heavy atom. The molecule has 0 radical (unpaired) electrons. The van der Waals surface area contributed by atoms with Crippen LogP contribution in [0.4, 0.5) is 5.69 Å². The van der Waals surface area contributed by atoms with E-state index < -0.39 is 5.41 Å². The number of thiophene rings is 1. The SMILES string of the molecule is COC(=O)C(C)(C)CN1CCN(C2Nc3ccc(C)cc3Oc3sc(Br)cc32)CC1. The van der Waals surface area contributed by atoms with Gasteiger partial charge in [-0.05, 0) is 60.5 Å². The molecule has 1 fully saturated rings. The van der Waals surface area contributed by atoms with Gasteiger partial charge in [0.05, 0.1) is 22.0 Å². The minimum atomic E-state index is -0.506. The van der Waals surface area contributed by atoms with Gasteiger partial charge in [0.2, 0.25) is 0 Å². The molecule has 0 aliphatic carbocycles. The Kier molecular flexibility index (Phi) is 6.12. The zero-order valence-corrected chi connectivity index (χ0v) is 20.2. The maximum Gasteiger partial charge on any atom is 0.312 e. The van der Waals surface area contributed by atoms with Gasteiger partial charge in [-0.3, -0.25) is 14.6 Å². The van der Waals surface area contributed by atoms with Gasteiger partial charge in [-0.1, -0.05) is 17.4 Å². The maximum atomic E-state index is 12.1. The molecule has 2 aromatic rings. The van der Waals surface area contributed by atoms with Gasteiger partial charge in [-0.2, -0.15) is 0 Å². The lowest BCUT2D eigenvalue weighted by molar-refractivity contribution is -0.152. The van der Waals surface area contributed by atoms with E-state index in [1.54, 1.807) is 11.3 Å². The van der Waals surface area contributed by atoms with Gasteiger partial charge in [0.1, 0.15) is 6.17 Å². The van der Waals surface area contributed by atoms with Crippen LogP contribution in [-0.2, 0) is 9.53 Å². The molecule has 4 rings (SSSR count). The third kappa shape index (κ3) is 4.37. The number of hydrogen-bond acceptors (Lipinski definition) is 7. The first kappa shape index (κ1) is 21.6. The van der Waals surface area contributed by atoms with E-state index in [0.29, 0.717) is 6.54 Å². The zero-order chi connectivity index (χ0) is 21.5. The zero-order valence-electron chi connectivity index (χ0n) is 17.8. The number of benzene rings is 1. The van der Waals surface area contributed by atoms with Crippen molar-refractivity contribution in [1.29, 1.82) is 0 Å². The van der Waals surface area contributed by atoms with Crippen LogP contribution >= 0.6 is 27.3 Å². The number of methoxy groups -OCH3 is 1. The van der Waals surface area contributed by atoms with Crippen molar-refractivity contribution < 1.29 is 14.3 Å². The Hall–Kier alpha value is -1.61. The van der Waals surface area contributed by atoms with Gasteiger partial charge in [-0.25, -0.2) is 0 Å². The van der Waals surface area contributed by atoms with Gasteiger partial charge in [0.25, 0.3) is 0 Å². The van der Waals surface area contributed by atoms with Crippen LogP contribution in [0.3, 0.4) is 0 Å². The number of hydrogen-bond donors (Lipinski definition) is 1. The predicted molar refractivity (Wildman–Crippen MR) is 123 cm³/mol. The summed E-state index contributed by atoms with van der Waals surface area (Å²) in [5, 5.41) is 4.64. The lowest BCUT2D eigenvalue weighted by Gasteiger charge is -2.41. The Labute approximate surface area is 190 Å². The van der Waals surface area contributed by atoms with Gasteiger partial charge in [0.15, 0.2) is 10.8 Å². The summed E-state index contributed by atoms with van der Waals surface area (Å²) in [6.07, 6.45) is 0.0438. The minimum Gasteiger partial charge on any atom is -0.469 e. The topological polar surface area (TPSA) is 54.0 Å². The number of fused-ring (bicyclic) bond motifs is 2. The number of ether oxygens (including phenoxy) is 2. The normalized spacial score (nSPS) is 19.8. The molecule has 2 aliphatic rings. The fraction of sp³-hybridized carbons (Fsp3) is 0.500. The third-order valence-corrected chi connectivity index (χ3v) is 7.28. The first-order valence-corrected chi connectivity index (χ1v) is 11.8. The van der Waals surface area contributed by atoms with Crippen molar-refractivity contribution in [2.75, 3.05) is 45.2 Å². The summed E-state index contributed by atoms with van der Waals surface area (Å²) >= 11 is 5.25. The molecule has 1 unspecified atom stereocenters. The summed E-state index contributed by atoms with van der Waals surface area (Å²) in [4.78, 5) is 16.9. The number of nitrogens with one attached hydrogen (secondary N) is 1. The molecular formula is C22H28BrN3O3S. The van der Waals surface area contributed by atoms with E-state index in [4.69, 9.17) is 9.47 Å². The monoisotopic (exact) mass is 493 g/mol. The number of aryl methyl sites for hydroxylation is 1. The van der Waals surface area contributed by atoms with Crippen molar-refractivity contribution >= 4 is 38.9 Å². The van der Waals surface area contributed by atoms with Crippen molar-refractivity contribution in [1.82, 2.24) is 9.80 Å². The quantitative estimate of drug-likeness (QED) is 0.614. The average Bonchev–Trinajstić information content (AvgIpc) is 3.00. The molecule has 1 aromatic carbocycles. The molecule has 0 saturated carbocycles. The summed E-state index contributed by atoms with van der Waals surface area (Å²) in [6, 6.07) is 8.44. The van der Waals surface area contributed by atoms with Crippen molar-refractivity contribution in [3.8, 4) is 10.8 Å². The average molecular weight is 494 g/mol. The molecule has 6 nitrogen and oxygen atoms in total. The van der Waals surface area contributed by atoms with Crippen molar-refractivity contribution in [3.63, 3.8) is 0 Å². The standard InChI is InChI=1S/C22H28BrN3O3S/c1-14-5-6-16-17(11-14)29-20-15(12-18(23)30-20)19(24-16)26-9-7-25(8-10-26)13-22(2,3)21(27)28-4/h5-6,11-12,19,24H,7-10,13H2,1-4H3. The number of carbonyl (C=O) groups is 1. The first-order chi connectivity index (χ1) is 14.3. The van der Waals surface area contributed by atoms with E-state index in [0.717, 1.165) is 52.0 Å². The van der Waals surface area contributed by atoms with Gasteiger partial charge < -0.3 is 14.8 Å². The van der Waals surface area contributed by atoms with Crippen LogP contribution in [0.2, 0.25) is 0 Å². The van der Waals surface area contributed by atoms with E-state index in [1.807, 2.05) is 13.8 Å². The molecule has 1 saturated heterocycles. The van der Waals surface area contributed by atoms with E-state index in [1.165, 1.54) is 12.7 Å². The molecule has 0 spiro atoms. The lowest BCUT2D eigenvalue weighted by Crippen LogP contribution is -2.52. The summed E-state index contributed by atoms with van der Waals surface area (Å²) < 4.78 is 12.3. The van der Waals surface area contributed by atoms with Crippen LogP contribution in [0.1, 0.15) is 31.1 Å². The highest BCUT2D eigenvalue weighted by atomic mass is 79.9. The molecule has 3 heterocycles. The molecule has 162 valence electrons. The summed E-state index contributed by atoms with van der Waals surface area (Å²) in [7, 11) is 1.46. The van der Waals surface area contributed by atoms with Gasteiger partial charge in [-0.15, -0.1) is 0 Å². The Morgan fingerprint density at radius 2 is 2.03 bits per heavy atom. The molecule has 30 heavy (non-hydrogen) atoms. The molecule has 1 atom stereocenters. The number of esters is 1. The van der Waals surface area contributed by atoms with Crippen LogP contribution in [0.5, 0.6) is 10.8 Å². The second kappa shape index (κ2) is 8.49. The highest BCUT2D eigenvalue weighted by Crippen LogP contribution is 2.47. The number of halogens is 1. The predicted octanol–water partition coefficient (Wildman–Crippen LogP) is 4.85. The van der Waals surface area contributed by atoms with Crippen LogP contribution in [0.15, 0.2) is 28.1 Å². The van der Waals surface area contributed by atoms with Crippen LogP contribution in [0.25, 0.3) is 0 Å². The number of piperazine rings is 1. The number of carbonyl (C=O) groups excluding carboxylic acids is 1. The van der Waals surface area contributed by atoms with Crippen molar-refractivity contribution in [3.05, 3.63) is 39.2 Å². The smallest absolute Gasteiger partial charge is 0.312 e. The lowest BCUT2D eigenvalue weighted by atomic mass is 9.92. The van der Waals surface area contributed by atoms with Crippen LogP contribution in [0, 0.1) is 12.3 Å². The third-order valence-electron chi connectivity index (χ3n) is 5.75. The molecule has 0 bridgehead atoms. The summed E-state index contributed by atoms with van der Waals surface area (Å²) in [5.41, 5.74) is 2.84. The van der Waals surface area contributed by atoms with Gasteiger partial charge >= 0.3 is 5.97 Å². The highest BCUT2D eigenvalue weighted by molar-refractivity contribution is 9.11. The molecule has 8 heteroatoms. The van der Waals surface area contributed by atoms with E-state index in [-0.39, 0.29) is 12.1 Å². The minimum absolute atomic E-state index is 0.0438. The number of nitrogens with zero attached hydrogens (tertiary/aromatic N) is 2.